The first-order valence-corrected chi connectivity index (χ1v) is 6.43. The van der Waals surface area contributed by atoms with E-state index in [1.165, 1.54) is 6.07 Å². The van der Waals surface area contributed by atoms with Gasteiger partial charge in [-0.3, -0.25) is 4.79 Å². The van der Waals surface area contributed by atoms with Gasteiger partial charge in [-0.1, -0.05) is 19.4 Å². The minimum Gasteiger partial charge on any atom is -0.504 e. The second kappa shape index (κ2) is 5.29. The maximum Gasteiger partial charge on any atom is 0.257 e. The van der Waals surface area contributed by atoms with E-state index in [9.17, 15) is 15.0 Å². The van der Waals surface area contributed by atoms with Gasteiger partial charge >= 0.3 is 0 Å². The Morgan fingerprint density at radius 2 is 2.00 bits per heavy atom. The van der Waals surface area contributed by atoms with Gasteiger partial charge < -0.3 is 15.1 Å². The van der Waals surface area contributed by atoms with Crippen molar-refractivity contribution in [2.24, 2.45) is 5.92 Å². The number of benzene rings is 1. The predicted molar refractivity (Wildman–Crippen MR) is 68.7 cm³/mol. The molecule has 1 aromatic rings. The van der Waals surface area contributed by atoms with E-state index in [1.807, 2.05) is 0 Å². The highest BCUT2D eigenvalue weighted by molar-refractivity contribution is 5.97. The van der Waals surface area contributed by atoms with Crippen LogP contribution in [0.15, 0.2) is 18.2 Å². The van der Waals surface area contributed by atoms with Crippen LogP contribution in [-0.4, -0.2) is 34.1 Å². The van der Waals surface area contributed by atoms with E-state index in [0.29, 0.717) is 5.92 Å². The van der Waals surface area contributed by atoms with Gasteiger partial charge in [0.15, 0.2) is 11.5 Å². The van der Waals surface area contributed by atoms with Gasteiger partial charge in [-0.25, -0.2) is 0 Å². The number of likely N-dealkylation sites (tertiary alicyclic amines) is 1. The van der Waals surface area contributed by atoms with Crippen molar-refractivity contribution >= 4 is 5.91 Å². The smallest absolute Gasteiger partial charge is 0.257 e. The van der Waals surface area contributed by atoms with Crippen LogP contribution in [0, 0.1) is 5.92 Å². The molecule has 0 atom stereocenters. The Labute approximate surface area is 107 Å². The lowest BCUT2D eigenvalue weighted by Crippen LogP contribution is -2.38. The number of aromatic hydroxyl groups is 2. The summed E-state index contributed by atoms with van der Waals surface area (Å²) < 4.78 is 0. The highest BCUT2D eigenvalue weighted by Gasteiger charge is 2.24. The molecule has 4 heteroatoms. The van der Waals surface area contributed by atoms with Gasteiger partial charge in [0.25, 0.3) is 5.91 Å². The molecular formula is C14H19NO3. The van der Waals surface area contributed by atoms with Crippen LogP contribution in [0.2, 0.25) is 0 Å². The fourth-order valence-corrected chi connectivity index (χ4v) is 2.42. The van der Waals surface area contributed by atoms with Crippen molar-refractivity contribution < 1.29 is 15.0 Å². The normalized spacial score (nSPS) is 16.8. The fraction of sp³-hybridized carbons (Fsp3) is 0.500. The lowest BCUT2D eigenvalue weighted by Gasteiger charge is -2.31. The van der Waals surface area contributed by atoms with Crippen LogP contribution in [0.25, 0.3) is 0 Å². The Kier molecular flexibility index (Phi) is 3.75. The first-order chi connectivity index (χ1) is 8.63. The van der Waals surface area contributed by atoms with Gasteiger partial charge in [0, 0.05) is 13.1 Å². The summed E-state index contributed by atoms with van der Waals surface area (Å²) in [5.41, 5.74) is 0.185. The molecule has 0 bridgehead atoms. The van der Waals surface area contributed by atoms with E-state index >= 15 is 0 Å². The Bertz CT molecular complexity index is 437. The van der Waals surface area contributed by atoms with Crippen molar-refractivity contribution in [3.63, 3.8) is 0 Å². The van der Waals surface area contributed by atoms with Crippen LogP contribution in [0.5, 0.6) is 11.5 Å². The third-order valence-corrected chi connectivity index (χ3v) is 3.72. The van der Waals surface area contributed by atoms with Crippen molar-refractivity contribution in [1.82, 2.24) is 4.90 Å². The summed E-state index contributed by atoms with van der Waals surface area (Å²) in [4.78, 5) is 14.0. The molecule has 1 aliphatic heterocycles. The highest BCUT2D eigenvalue weighted by Crippen LogP contribution is 2.30. The maximum absolute atomic E-state index is 12.2. The number of hydrogen-bond donors (Lipinski definition) is 2. The van der Waals surface area contributed by atoms with Crippen molar-refractivity contribution in [3.05, 3.63) is 23.8 Å². The van der Waals surface area contributed by atoms with Crippen LogP contribution in [0.1, 0.15) is 36.5 Å². The van der Waals surface area contributed by atoms with Gasteiger partial charge in [-0.05, 0) is 30.9 Å². The van der Waals surface area contributed by atoms with Crippen molar-refractivity contribution in [3.8, 4) is 11.5 Å². The van der Waals surface area contributed by atoms with Crippen molar-refractivity contribution in [2.75, 3.05) is 13.1 Å². The monoisotopic (exact) mass is 249 g/mol. The van der Waals surface area contributed by atoms with Crippen LogP contribution >= 0.6 is 0 Å². The molecule has 1 amide bonds. The van der Waals surface area contributed by atoms with Gasteiger partial charge in [0.2, 0.25) is 0 Å². The zero-order chi connectivity index (χ0) is 13.1. The number of amides is 1. The summed E-state index contributed by atoms with van der Waals surface area (Å²) in [6.07, 6.45) is 3.18. The zero-order valence-electron chi connectivity index (χ0n) is 10.6. The number of carbonyl (C=O) groups is 1. The second-order valence-corrected chi connectivity index (χ2v) is 4.82. The Balaban J connectivity index is 2.10. The van der Waals surface area contributed by atoms with Gasteiger partial charge in [0.1, 0.15) is 0 Å². The summed E-state index contributed by atoms with van der Waals surface area (Å²) in [6, 6.07) is 4.49. The molecule has 0 aliphatic carbocycles. The molecule has 2 N–H and O–H groups in total. The number of phenolic OH excluding ortho intramolecular Hbond substituents is 2. The molecule has 0 unspecified atom stereocenters. The number of para-hydroxylation sites is 1. The summed E-state index contributed by atoms with van der Waals surface area (Å²) in [5.74, 6) is -0.0609. The molecule has 4 nitrogen and oxygen atoms in total. The second-order valence-electron chi connectivity index (χ2n) is 4.82. The number of rotatable bonds is 2. The van der Waals surface area contributed by atoms with E-state index < -0.39 is 0 Å². The lowest BCUT2D eigenvalue weighted by atomic mass is 9.94. The van der Waals surface area contributed by atoms with Crippen molar-refractivity contribution in [2.45, 2.75) is 26.2 Å². The largest absolute Gasteiger partial charge is 0.504 e. The number of hydrogen-bond acceptors (Lipinski definition) is 3. The molecule has 0 aromatic heterocycles. The molecule has 98 valence electrons. The number of phenols is 2. The van der Waals surface area contributed by atoms with Crippen LogP contribution < -0.4 is 0 Å². The average molecular weight is 249 g/mol. The van der Waals surface area contributed by atoms with E-state index in [4.69, 9.17) is 0 Å². The first-order valence-electron chi connectivity index (χ1n) is 6.43. The van der Waals surface area contributed by atoms with E-state index in [2.05, 4.69) is 6.92 Å². The summed E-state index contributed by atoms with van der Waals surface area (Å²) in [6.45, 7) is 3.63. The predicted octanol–water partition coefficient (Wildman–Crippen LogP) is 2.36. The molecule has 1 aromatic carbocycles. The van der Waals surface area contributed by atoms with Gasteiger partial charge in [-0.2, -0.15) is 0 Å². The Hall–Kier alpha value is -1.71. The highest BCUT2D eigenvalue weighted by atomic mass is 16.3. The van der Waals surface area contributed by atoms with Crippen LogP contribution in [0.3, 0.4) is 0 Å². The first kappa shape index (κ1) is 12.7. The minimum atomic E-state index is -0.319. The topological polar surface area (TPSA) is 60.8 Å². The van der Waals surface area contributed by atoms with Gasteiger partial charge in [-0.15, -0.1) is 0 Å². The summed E-state index contributed by atoms with van der Waals surface area (Å²) in [7, 11) is 0. The Morgan fingerprint density at radius 3 is 2.61 bits per heavy atom. The molecule has 18 heavy (non-hydrogen) atoms. The molecule has 1 saturated heterocycles. The van der Waals surface area contributed by atoms with Crippen LogP contribution in [0.4, 0.5) is 0 Å². The van der Waals surface area contributed by atoms with E-state index in [1.54, 1.807) is 17.0 Å². The molecule has 1 fully saturated rings. The number of piperidine rings is 1. The summed E-state index contributed by atoms with van der Waals surface area (Å²) >= 11 is 0. The minimum absolute atomic E-state index is 0.185. The van der Waals surface area contributed by atoms with E-state index in [-0.39, 0.29) is 23.0 Å². The molecule has 1 aliphatic rings. The molecule has 0 saturated carbocycles. The van der Waals surface area contributed by atoms with Crippen LogP contribution in [-0.2, 0) is 0 Å². The average Bonchev–Trinajstić information content (AvgIpc) is 2.41. The number of nitrogens with zero attached hydrogens (tertiary/aromatic N) is 1. The molecule has 2 rings (SSSR count). The third-order valence-electron chi connectivity index (χ3n) is 3.72. The zero-order valence-corrected chi connectivity index (χ0v) is 10.6. The molecule has 0 spiro atoms. The SMILES string of the molecule is CCC1CCN(C(=O)c2cccc(O)c2O)CC1. The molecule has 0 radical (unpaired) electrons. The van der Waals surface area contributed by atoms with E-state index in [0.717, 1.165) is 32.4 Å². The Morgan fingerprint density at radius 1 is 1.33 bits per heavy atom. The number of carbonyl (C=O) groups excluding carboxylic acids is 1. The summed E-state index contributed by atoms with van der Waals surface area (Å²) in [5, 5.41) is 19.1. The third kappa shape index (κ3) is 2.42. The fourth-order valence-electron chi connectivity index (χ4n) is 2.42. The maximum atomic E-state index is 12.2. The standard InChI is InChI=1S/C14H19NO3/c1-2-10-6-8-15(9-7-10)14(18)11-4-3-5-12(16)13(11)17/h3-5,10,16-17H,2,6-9H2,1H3. The molecular weight excluding hydrogens is 230 g/mol. The van der Waals surface area contributed by atoms with Gasteiger partial charge in [0.05, 0.1) is 5.56 Å². The lowest BCUT2D eigenvalue weighted by molar-refractivity contribution is 0.0685. The quantitative estimate of drug-likeness (QED) is 0.791. The molecule has 1 heterocycles. The van der Waals surface area contributed by atoms with Crippen molar-refractivity contribution in [1.29, 1.82) is 0 Å².